The van der Waals surface area contributed by atoms with Crippen molar-refractivity contribution in [2.24, 2.45) is 5.41 Å². The molecule has 3 heteroatoms. The molecule has 1 heterocycles. The second kappa shape index (κ2) is 12.3. The lowest BCUT2D eigenvalue weighted by atomic mass is 9.98. The van der Waals surface area contributed by atoms with Gasteiger partial charge in [0.2, 0.25) is 0 Å². The standard InChI is InChI=1S/C27H33NOS/c1-5-28(18-8-6-7-17-27(2,3)4)19-10-13-26(29)15-14-23-11-9-12-24(21-23)25-16-20-30-22-25/h6,8-9,11-12,14-16,20-22H,5,10,13,18-19H2,1-4H3. The summed E-state index contributed by atoms with van der Waals surface area (Å²) in [7, 11) is 0. The normalized spacial score (nSPS) is 11.9. The van der Waals surface area contributed by atoms with Gasteiger partial charge < -0.3 is 0 Å². The quantitative estimate of drug-likeness (QED) is 0.315. The molecule has 158 valence electrons. The van der Waals surface area contributed by atoms with E-state index in [9.17, 15) is 4.79 Å². The maximum Gasteiger partial charge on any atom is 0.155 e. The van der Waals surface area contributed by atoms with Gasteiger partial charge in [-0.05, 0) is 92.0 Å². The summed E-state index contributed by atoms with van der Waals surface area (Å²) in [5, 5.41) is 4.22. The fourth-order valence-corrected chi connectivity index (χ4v) is 3.56. The number of hydrogen-bond donors (Lipinski definition) is 0. The number of carbonyl (C=O) groups excluding carboxylic acids is 1. The molecule has 0 saturated heterocycles. The molecule has 0 aliphatic carbocycles. The van der Waals surface area contributed by atoms with Crippen molar-refractivity contribution in [3.05, 3.63) is 64.9 Å². The maximum absolute atomic E-state index is 12.3. The summed E-state index contributed by atoms with van der Waals surface area (Å²) in [6.45, 7) is 11.2. The molecule has 0 unspecified atom stereocenters. The Hall–Kier alpha value is -2.41. The number of thiophene rings is 1. The van der Waals surface area contributed by atoms with Gasteiger partial charge in [-0.2, -0.15) is 11.3 Å². The van der Waals surface area contributed by atoms with Gasteiger partial charge in [-0.15, -0.1) is 0 Å². The Morgan fingerprint density at radius 3 is 2.73 bits per heavy atom. The molecule has 0 fully saturated rings. The Labute approximate surface area is 186 Å². The van der Waals surface area contributed by atoms with Crippen LogP contribution in [0, 0.1) is 17.3 Å². The van der Waals surface area contributed by atoms with E-state index < -0.39 is 0 Å². The van der Waals surface area contributed by atoms with Crippen LogP contribution in [0.3, 0.4) is 0 Å². The van der Waals surface area contributed by atoms with Crippen LogP contribution >= 0.6 is 11.3 Å². The zero-order valence-electron chi connectivity index (χ0n) is 18.7. The van der Waals surface area contributed by atoms with E-state index in [0.717, 1.165) is 31.6 Å². The van der Waals surface area contributed by atoms with Crippen LogP contribution in [0.15, 0.2) is 59.3 Å². The first kappa shape index (κ1) is 23.9. The summed E-state index contributed by atoms with van der Waals surface area (Å²) >= 11 is 1.69. The number of nitrogens with zero attached hydrogens (tertiary/aromatic N) is 1. The number of ketones is 1. The Kier molecular flexibility index (Phi) is 9.80. The van der Waals surface area contributed by atoms with Crippen LogP contribution in [0.4, 0.5) is 0 Å². The van der Waals surface area contributed by atoms with Crippen LogP contribution < -0.4 is 0 Å². The van der Waals surface area contributed by atoms with Crippen LogP contribution in [0.5, 0.6) is 0 Å². The topological polar surface area (TPSA) is 20.3 Å². The SMILES string of the molecule is CCN(CC=CC#CC(C)(C)C)CCCC(=O)C=Cc1cccc(-c2ccsc2)c1. The van der Waals surface area contributed by atoms with Gasteiger partial charge >= 0.3 is 0 Å². The highest BCUT2D eigenvalue weighted by atomic mass is 32.1. The van der Waals surface area contributed by atoms with Crippen LogP contribution in [0.25, 0.3) is 17.2 Å². The molecule has 0 amide bonds. The average Bonchev–Trinajstić information content (AvgIpc) is 3.25. The van der Waals surface area contributed by atoms with Crippen molar-refractivity contribution in [3.63, 3.8) is 0 Å². The fourth-order valence-electron chi connectivity index (χ4n) is 2.90. The minimum Gasteiger partial charge on any atom is -0.300 e. The number of rotatable bonds is 10. The lowest BCUT2D eigenvalue weighted by Crippen LogP contribution is -2.25. The van der Waals surface area contributed by atoms with Crippen LogP contribution in [0.2, 0.25) is 0 Å². The van der Waals surface area contributed by atoms with Crippen molar-refractivity contribution < 1.29 is 4.79 Å². The fraction of sp³-hybridized carbons (Fsp3) is 0.370. The van der Waals surface area contributed by atoms with E-state index in [2.05, 4.69) is 79.5 Å². The third kappa shape index (κ3) is 9.39. The molecule has 1 aromatic heterocycles. The van der Waals surface area contributed by atoms with E-state index in [0.29, 0.717) is 6.42 Å². The van der Waals surface area contributed by atoms with E-state index in [1.807, 2.05) is 24.3 Å². The molecule has 0 radical (unpaired) electrons. The maximum atomic E-state index is 12.3. The molecule has 0 bridgehead atoms. The van der Waals surface area contributed by atoms with Crippen molar-refractivity contribution in [1.82, 2.24) is 4.90 Å². The van der Waals surface area contributed by atoms with Crippen molar-refractivity contribution in [2.75, 3.05) is 19.6 Å². The smallest absolute Gasteiger partial charge is 0.155 e. The summed E-state index contributed by atoms with van der Waals surface area (Å²) in [5.74, 6) is 6.49. The minimum atomic E-state index is 0.0356. The lowest BCUT2D eigenvalue weighted by Gasteiger charge is -2.17. The molecule has 1 aromatic carbocycles. The Bertz CT molecular complexity index is 904. The number of allylic oxidation sites excluding steroid dienone is 2. The summed E-state index contributed by atoms with van der Waals surface area (Å²) in [6, 6.07) is 10.4. The second-order valence-electron chi connectivity index (χ2n) is 8.36. The predicted molar refractivity (Wildman–Crippen MR) is 132 cm³/mol. The van der Waals surface area contributed by atoms with Gasteiger partial charge in [-0.3, -0.25) is 9.69 Å². The molecule has 0 aliphatic heterocycles. The van der Waals surface area contributed by atoms with Crippen LogP contribution in [0.1, 0.15) is 46.1 Å². The lowest BCUT2D eigenvalue weighted by molar-refractivity contribution is -0.114. The van der Waals surface area contributed by atoms with E-state index in [-0.39, 0.29) is 11.2 Å². The number of carbonyl (C=O) groups is 1. The molecule has 2 rings (SSSR count). The Balaban J connectivity index is 1.76. The molecule has 30 heavy (non-hydrogen) atoms. The minimum absolute atomic E-state index is 0.0356. The molecular formula is C27H33NOS. The van der Waals surface area contributed by atoms with Crippen molar-refractivity contribution in [2.45, 2.75) is 40.5 Å². The van der Waals surface area contributed by atoms with E-state index in [4.69, 9.17) is 0 Å². The zero-order valence-corrected chi connectivity index (χ0v) is 19.5. The molecule has 0 saturated carbocycles. The van der Waals surface area contributed by atoms with E-state index >= 15 is 0 Å². The number of hydrogen-bond acceptors (Lipinski definition) is 3. The third-order valence-electron chi connectivity index (χ3n) is 4.56. The van der Waals surface area contributed by atoms with Gasteiger partial charge in [-0.25, -0.2) is 0 Å². The van der Waals surface area contributed by atoms with Gasteiger partial charge in [0.25, 0.3) is 0 Å². The summed E-state index contributed by atoms with van der Waals surface area (Å²) in [5.41, 5.74) is 3.50. The molecule has 2 aromatic rings. The molecular weight excluding hydrogens is 386 g/mol. The monoisotopic (exact) mass is 419 g/mol. The Morgan fingerprint density at radius 2 is 2.03 bits per heavy atom. The number of likely N-dealkylation sites (N-methyl/N-ethyl adjacent to an activating group) is 1. The van der Waals surface area contributed by atoms with Gasteiger partial charge in [-0.1, -0.05) is 49.1 Å². The van der Waals surface area contributed by atoms with Crippen molar-refractivity contribution in [3.8, 4) is 23.0 Å². The zero-order chi connectivity index (χ0) is 21.8. The average molecular weight is 420 g/mol. The largest absolute Gasteiger partial charge is 0.300 e. The van der Waals surface area contributed by atoms with Gasteiger partial charge in [0, 0.05) is 18.4 Å². The summed E-state index contributed by atoms with van der Waals surface area (Å²) in [6.07, 6.45) is 9.12. The molecule has 0 aliphatic rings. The molecule has 0 N–H and O–H groups in total. The van der Waals surface area contributed by atoms with Gasteiger partial charge in [0.15, 0.2) is 5.78 Å². The van der Waals surface area contributed by atoms with Crippen molar-refractivity contribution in [1.29, 1.82) is 0 Å². The third-order valence-corrected chi connectivity index (χ3v) is 5.24. The first-order valence-corrected chi connectivity index (χ1v) is 11.6. The second-order valence-corrected chi connectivity index (χ2v) is 9.14. The Morgan fingerprint density at radius 1 is 1.20 bits per heavy atom. The first-order chi connectivity index (χ1) is 14.4. The van der Waals surface area contributed by atoms with Crippen LogP contribution in [-0.4, -0.2) is 30.3 Å². The molecule has 0 atom stereocenters. The van der Waals surface area contributed by atoms with Crippen LogP contribution in [-0.2, 0) is 4.79 Å². The predicted octanol–water partition coefficient (Wildman–Crippen LogP) is 6.71. The first-order valence-electron chi connectivity index (χ1n) is 10.6. The summed E-state index contributed by atoms with van der Waals surface area (Å²) in [4.78, 5) is 14.6. The van der Waals surface area contributed by atoms with Gasteiger partial charge in [0.05, 0.1) is 0 Å². The molecule has 0 spiro atoms. The molecule has 2 nitrogen and oxygen atoms in total. The number of benzene rings is 1. The highest BCUT2D eigenvalue weighted by molar-refractivity contribution is 7.08. The van der Waals surface area contributed by atoms with E-state index in [1.165, 1.54) is 11.1 Å². The highest BCUT2D eigenvalue weighted by Crippen LogP contribution is 2.23. The van der Waals surface area contributed by atoms with E-state index in [1.54, 1.807) is 17.4 Å². The van der Waals surface area contributed by atoms with Gasteiger partial charge in [0.1, 0.15) is 0 Å². The van der Waals surface area contributed by atoms with Crippen molar-refractivity contribution >= 4 is 23.2 Å². The highest BCUT2D eigenvalue weighted by Gasteiger charge is 2.04. The summed E-state index contributed by atoms with van der Waals surface area (Å²) < 4.78 is 0.